The molecule has 2 rings (SSSR count). The van der Waals surface area contributed by atoms with Crippen molar-refractivity contribution < 1.29 is 10.2 Å². The SMILES string of the molecule is CCCCCN=Nc1c(O)nc2ccccc2c1O. The van der Waals surface area contributed by atoms with Gasteiger partial charge in [-0.15, -0.1) is 5.11 Å². The Hall–Kier alpha value is -2.17. The predicted octanol–water partition coefficient (Wildman–Crippen LogP) is 3.92. The fourth-order valence-electron chi connectivity index (χ4n) is 1.82. The van der Waals surface area contributed by atoms with Crippen molar-refractivity contribution in [1.82, 2.24) is 4.98 Å². The second-order valence-corrected chi connectivity index (χ2v) is 4.32. The van der Waals surface area contributed by atoms with Gasteiger partial charge in [-0.1, -0.05) is 31.9 Å². The van der Waals surface area contributed by atoms with E-state index >= 15 is 0 Å². The zero-order valence-corrected chi connectivity index (χ0v) is 10.9. The van der Waals surface area contributed by atoms with Crippen LogP contribution in [0.15, 0.2) is 34.5 Å². The van der Waals surface area contributed by atoms with Crippen LogP contribution in [-0.2, 0) is 0 Å². The van der Waals surface area contributed by atoms with E-state index in [2.05, 4.69) is 22.1 Å². The monoisotopic (exact) mass is 259 g/mol. The van der Waals surface area contributed by atoms with Crippen molar-refractivity contribution in [3.63, 3.8) is 0 Å². The third-order valence-electron chi connectivity index (χ3n) is 2.85. The normalized spacial score (nSPS) is 11.4. The van der Waals surface area contributed by atoms with Crippen molar-refractivity contribution in [1.29, 1.82) is 0 Å². The van der Waals surface area contributed by atoms with Gasteiger partial charge in [0.25, 0.3) is 0 Å². The molecule has 0 aliphatic rings. The fraction of sp³-hybridized carbons (Fsp3) is 0.357. The molecule has 0 bridgehead atoms. The van der Waals surface area contributed by atoms with E-state index in [1.807, 2.05) is 0 Å². The number of aromatic nitrogens is 1. The Morgan fingerprint density at radius 3 is 2.74 bits per heavy atom. The van der Waals surface area contributed by atoms with Gasteiger partial charge in [-0.3, -0.25) is 0 Å². The Bertz CT molecular complexity index is 597. The minimum absolute atomic E-state index is 0.0372. The largest absolute Gasteiger partial charge is 0.505 e. The van der Waals surface area contributed by atoms with Crippen molar-refractivity contribution in [2.45, 2.75) is 26.2 Å². The number of para-hydroxylation sites is 1. The minimum atomic E-state index is -0.296. The van der Waals surface area contributed by atoms with E-state index in [-0.39, 0.29) is 17.3 Å². The number of rotatable bonds is 5. The quantitative estimate of drug-likeness (QED) is 0.631. The number of unbranched alkanes of at least 4 members (excludes halogenated alkanes) is 2. The number of fused-ring (bicyclic) bond motifs is 1. The molecule has 5 heteroatoms. The average molecular weight is 259 g/mol. The maximum Gasteiger partial charge on any atom is 0.243 e. The van der Waals surface area contributed by atoms with Crippen LogP contribution in [0.4, 0.5) is 5.69 Å². The van der Waals surface area contributed by atoms with E-state index in [9.17, 15) is 10.2 Å². The van der Waals surface area contributed by atoms with E-state index < -0.39 is 0 Å². The summed E-state index contributed by atoms with van der Waals surface area (Å²) in [6.45, 7) is 2.70. The summed E-state index contributed by atoms with van der Waals surface area (Å²) in [5.74, 6) is -0.377. The maximum atomic E-state index is 10.1. The molecule has 0 aliphatic heterocycles. The molecule has 0 saturated heterocycles. The van der Waals surface area contributed by atoms with Crippen LogP contribution in [0, 0.1) is 0 Å². The van der Waals surface area contributed by atoms with Gasteiger partial charge in [0.05, 0.1) is 12.1 Å². The van der Waals surface area contributed by atoms with E-state index in [1.165, 1.54) is 0 Å². The lowest BCUT2D eigenvalue weighted by Gasteiger charge is -2.04. The number of hydrogen-bond acceptors (Lipinski definition) is 5. The molecular formula is C14H17N3O2. The molecular weight excluding hydrogens is 242 g/mol. The fourth-order valence-corrected chi connectivity index (χ4v) is 1.82. The molecule has 1 heterocycles. The molecule has 2 N–H and O–H groups in total. The van der Waals surface area contributed by atoms with E-state index in [1.54, 1.807) is 24.3 Å². The first-order chi connectivity index (χ1) is 9.24. The van der Waals surface area contributed by atoms with E-state index in [0.29, 0.717) is 17.4 Å². The smallest absolute Gasteiger partial charge is 0.243 e. The number of pyridine rings is 1. The highest BCUT2D eigenvalue weighted by Crippen LogP contribution is 2.39. The third kappa shape index (κ3) is 2.99. The van der Waals surface area contributed by atoms with Crippen LogP contribution in [0.2, 0.25) is 0 Å². The Kier molecular flexibility index (Phi) is 4.28. The predicted molar refractivity (Wildman–Crippen MR) is 74.0 cm³/mol. The molecule has 0 atom stereocenters. The van der Waals surface area contributed by atoms with Crippen molar-refractivity contribution in [2.75, 3.05) is 6.54 Å². The lowest BCUT2D eigenvalue weighted by Crippen LogP contribution is -1.83. The highest BCUT2D eigenvalue weighted by atomic mass is 16.3. The van der Waals surface area contributed by atoms with Gasteiger partial charge in [-0.05, 0) is 18.6 Å². The number of aromatic hydroxyl groups is 2. The van der Waals surface area contributed by atoms with Crippen LogP contribution in [0.1, 0.15) is 26.2 Å². The molecule has 5 nitrogen and oxygen atoms in total. The van der Waals surface area contributed by atoms with Crippen LogP contribution in [-0.4, -0.2) is 21.7 Å². The second-order valence-electron chi connectivity index (χ2n) is 4.32. The zero-order valence-electron chi connectivity index (χ0n) is 10.9. The molecule has 100 valence electrons. The summed E-state index contributed by atoms with van der Waals surface area (Å²) < 4.78 is 0. The molecule has 1 aromatic carbocycles. The lowest BCUT2D eigenvalue weighted by atomic mass is 10.2. The van der Waals surface area contributed by atoms with Gasteiger partial charge in [0.1, 0.15) is 0 Å². The van der Waals surface area contributed by atoms with Gasteiger partial charge in [0.2, 0.25) is 5.88 Å². The van der Waals surface area contributed by atoms with Crippen LogP contribution >= 0.6 is 0 Å². The summed E-state index contributed by atoms with van der Waals surface area (Å²) in [4.78, 5) is 3.99. The first-order valence-electron chi connectivity index (χ1n) is 6.42. The molecule has 1 aromatic heterocycles. The maximum absolute atomic E-state index is 10.1. The minimum Gasteiger partial charge on any atom is -0.505 e. The van der Waals surface area contributed by atoms with E-state index in [4.69, 9.17) is 0 Å². The van der Waals surface area contributed by atoms with Gasteiger partial charge in [-0.25, -0.2) is 4.98 Å². The first-order valence-corrected chi connectivity index (χ1v) is 6.42. The highest BCUT2D eigenvalue weighted by molar-refractivity contribution is 5.90. The van der Waals surface area contributed by atoms with Gasteiger partial charge in [0.15, 0.2) is 11.4 Å². The van der Waals surface area contributed by atoms with Gasteiger partial charge >= 0.3 is 0 Å². The summed E-state index contributed by atoms with van der Waals surface area (Å²) >= 11 is 0. The lowest BCUT2D eigenvalue weighted by molar-refractivity contribution is 0.442. The molecule has 0 saturated carbocycles. The Balaban J connectivity index is 2.27. The molecule has 19 heavy (non-hydrogen) atoms. The molecule has 0 radical (unpaired) electrons. The zero-order chi connectivity index (χ0) is 13.7. The average Bonchev–Trinajstić information content (AvgIpc) is 2.42. The van der Waals surface area contributed by atoms with Crippen LogP contribution in [0.3, 0.4) is 0 Å². The van der Waals surface area contributed by atoms with Crippen molar-refractivity contribution in [3.8, 4) is 11.6 Å². The summed E-state index contributed by atoms with van der Waals surface area (Å²) in [6, 6.07) is 7.03. The molecule has 0 fully saturated rings. The third-order valence-corrected chi connectivity index (χ3v) is 2.85. The van der Waals surface area contributed by atoms with Gasteiger partial charge in [-0.2, -0.15) is 5.11 Å². The van der Waals surface area contributed by atoms with Crippen molar-refractivity contribution in [2.24, 2.45) is 10.2 Å². The van der Waals surface area contributed by atoms with Gasteiger partial charge < -0.3 is 10.2 Å². The number of hydrogen-bond donors (Lipinski definition) is 2. The van der Waals surface area contributed by atoms with E-state index in [0.717, 1.165) is 19.3 Å². The van der Waals surface area contributed by atoms with Gasteiger partial charge in [0, 0.05) is 5.39 Å². The summed E-state index contributed by atoms with van der Waals surface area (Å²) in [5.41, 5.74) is 0.567. The Labute approximate surface area is 111 Å². The first kappa shape index (κ1) is 13.3. The topological polar surface area (TPSA) is 78.1 Å². The number of benzene rings is 1. The number of nitrogens with zero attached hydrogens (tertiary/aromatic N) is 3. The second kappa shape index (κ2) is 6.13. The van der Waals surface area contributed by atoms with Crippen LogP contribution in [0.25, 0.3) is 10.9 Å². The van der Waals surface area contributed by atoms with Crippen LogP contribution in [0.5, 0.6) is 11.6 Å². The molecule has 0 spiro atoms. The molecule has 0 amide bonds. The molecule has 0 aliphatic carbocycles. The van der Waals surface area contributed by atoms with Crippen molar-refractivity contribution in [3.05, 3.63) is 24.3 Å². The molecule has 2 aromatic rings. The number of azo groups is 1. The Morgan fingerprint density at radius 1 is 1.16 bits per heavy atom. The Morgan fingerprint density at radius 2 is 1.95 bits per heavy atom. The summed E-state index contributed by atoms with van der Waals surface area (Å²) in [6.07, 6.45) is 3.15. The summed E-state index contributed by atoms with van der Waals surface area (Å²) in [7, 11) is 0. The standard InChI is InChI=1S/C14H17N3O2/c1-2-3-6-9-15-17-12-13(18)10-7-4-5-8-11(10)16-14(12)19/h4-5,7-8H,2-3,6,9H2,1H3,(H2,16,18,19). The molecule has 0 unspecified atom stereocenters. The summed E-state index contributed by atoms with van der Waals surface area (Å²) in [5, 5.41) is 28.3. The highest BCUT2D eigenvalue weighted by Gasteiger charge is 2.13. The van der Waals surface area contributed by atoms with Crippen LogP contribution < -0.4 is 0 Å². The van der Waals surface area contributed by atoms with Crippen molar-refractivity contribution >= 4 is 16.6 Å².